The van der Waals surface area contributed by atoms with E-state index in [1.807, 2.05) is 0 Å². The third-order valence-electron chi connectivity index (χ3n) is 1.92. The normalized spacial score (nSPS) is 24.7. The van der Waals surface area contributed by atoms with Gasteiger partial charge in [0.05, 0.1) is 19.1 Å². The van der Waals surface area contributed by atoms with E-state index < -0.39 is 0 Å². The summed E-state index contributed by atoms with van der Waals surface area (Å²) in [5, 5.41) is 3.16. The summed E-state index contributed by atoms with van der Waals surface area (Å²) in [7, 11) is 3.54. The maximum absolute atomic E-state index is 11.5. The molecule has 0 unspecified atom stereocenters. The predicted octanol–water partition coefficient (Wildman–Crippen LogP) is -0.689. The first-order chi connectivity index (χ1) is 5.72. The zero-order chi connectivity index (χ0) is 8.97. The summed E-state index contributed by atoms with van der Waals surface area (Å²) >= 11 is 0. The number of carbonyl (C=O) groups excluding carboxylic acids is 1. The summed E-state index contributed by atoms with van der Waals surface area (Å²) in [6.45, 7) is 2.83. The van der Waals surface area contributed by atoms with Gasteiger partial charge in [0.1, 0.15) is 0 Å². The fourth-order valence-electron chi connectivity index (χ4n) is 1.23. The summed E-state index contributed by atoms with van der Waals surface area (Å²) in [6.07, 6.45) is 0. The quantitative estimate of drug-likeness (QED) is 0.569. The van der Waals surface area contributed by atoms with Crippen LogP contribution in [-0.4, -0.2) is 51.2 Å². The van der Waals surface area contributed by atoms with Gasteiger partial charge in [-0.15, -0.1) is 0 Å². The van der Waals surface area contributed by atoms with E-state index in [1.54, 1.807) is 19.0 Å². The lowest BCUT2D eigenvalue weighted by atomic mass is 10.1. The van der Waals surface area contributed by atoms with Gasteiger partial charge in [0.2, 0.25) is 5.91 Å². The number of hydrogen-bond donors (Lipinski definition) is 1. The van der Waals surface area contributed by atoms with Crippen LogP contribution in [0.4, 0.5) is 0 Å². The smallest absolute Gasteiger partial charge is 0.228 e. The van der Waals surface area contributed by atoms with Crippen molar-refractivity contribution in [2.45, 2.75) is 0 Å². The summed E-state index contributed by atoms with van der Waals surface area (Å²) in [4.78, 5) is 13.1. The Morgan fingerprint density at radius 3 is 3.00 bits per heavy atom. The second kappa shape index (κ2) is 4.42. The van der Waals surface area contributed by atoms with Gasteiger partial charge < -0.3 is 15.0 Å². The maximum Gasteiger partial charge on any atom is 0.228 e. The van der Waals surface area contributed by atoms with E-state index in [0.717, 1.165) is 13.1 Å². The zero-order valence-corrected chi connectivity index (χ0v) is 7.67. The van der Waals surface area contributed by atoms with Crippen LogP contribution in [0, 0.1) is 5.92 Å². The summed E-state index contributed by atoms with van der Waals surface area (Å²) in [5.74, 6) is 0.131. The lowest BCUT2D eigenvalue weighted by Crippen LogP contribution is -2.36. The van der Waals surface area contributed by atoms with Crippen molar-refractivity contribution < 1.29 is 9.53 Å². The summed E-state index contributed by atoms with van der Waals surface area (Å²) < 4.78 is 5.27. The molecular weight excluding hydrogens is 156 g/mol. The molecule has 0 bridgehead atoms. The molecule has 1 amide bonds. The molecule has 1 N–H and O–H groups in total. The third kappa shape index (κ3) is 2.46. The zero-order valence-electron chi connectivity index (χ0n) is 7.67. The van der Waals surface area contributed by atoms with Crippen molar-refractivity contribution in [3.63, 3.8) is 0 Å². The number of carbonyl (C=O) groups is 1. The third-order valence-corrected chi connectivity index (χ3v) is 1.92. The van der Waals surface area contributed by atoms with E-state index in [2.05, 4.69) is 5.32 Å². The number of ether oxygens (including phenoxy) is 1. The Labute approximate surface area is 72.9 Å². The highest BCUT2D eigenvalue weighted by molar-refractivity contribution is 5.78. The average Bonchev–Trinajstić information content (AvgIpc) is 2.30. The van der Waals surface area contributed by atoms with Crippen LogP contribution in [0.2, 0.25) is 0 Å². The van der Waals surface area contributed by atoms with Crippen LogP contribution < -0.4 is 5.32 Å². The first-order valence-corrected chi connectivity index (χ1v) is 4.21. The van der Waals surface area contributed by atoms with E-state index >= 15 is 0 Å². The number of nitrogens with zero attached hydrogens (tertiary/aromatic N) is 1. The Kier molecular flexibility index (Phi) is 3.49. The van der Waals surface area contributed by atoms with Crippen molar-refractivity contribution in [3.05, 3.63) is 0 Å². The van der Waals surface area contributed by atoms with E-state index in [4.69, 9.17) is 4.74 Å². The molecular formula is C8H16N2O2. The van der Waals surface area contributed by atoms with Crippen molar-refractivity contribution >= 4 is 5.91 Å². The van der Waals surface area contributed by atoms with Crippen molar-refractivity contribution in [1.82, 2.24) is 10.2 Å². The SMILES string of the molecule is CN(C)C(=O)[C@@H]1CNCCOC1. The van der Waals surface area contributed by atoms with Crippen LogP contribution in [0.3, 0.4) is 0 Å². The molecule has 0 spiro atoms. The molecule has 0 aromatic carbocycles. The van der Waals surface area contributed by atoms with Gasteiger partial charge >= 0.3 is 0 Å². The van der Waals surface area contributed by atoms with Crippen LogP contribution in [-0.2, 0) is 9.53 Å². The molecule has 1 saturated heterocycles. The largest absolute Gasteiger partial charge is 0.379 e. The Balaban J connectivity index is 2.43. The number of amides is 1. The summed E-state index contributed by atoms with van der Waals surface area (Å²) in [5.41, 5.74) is 0. The van der Waals surface area contributed by atoms with Gasteiger partial charge in [-0.3, -0.25) is 4.79 Å². The van der Waals surface area contributed by atoms with Crippen LogP contribution in [0.1, 0.15) is 0 Å². The van der Waals surface area contributed by atoms with Crippen molar-refractivity contribution in [2.24, 2.45) is 5.92 Å². The molecule has 1 fully saturated rings. The van der Waals surface area contributed by atoms with Gasteiger partial charge in [0.25, 0.3) is 0 Å². The second-order valence-electron chi connectivity index (χ2n) is 3.21. The topological polar surface area (TPSA) is 41.6 Å². The van der Waals surface area contributed by atoms with Gasteiger partial charge in [0.15, 0.2) is 0 Å². The first kappa shape index (κ1) is 9.48. The molecule has 1 rings (SSSR count). The fourth-order valence-corrected chi connectivity index (χ4v) is 1.23. The molecule has 0 aliphatic carbocycles. The molecule has 0 aromatic heterocycles. The maximum atomic E-state index is 11.5. The second-order valence-corrected chi connectivity index (χ2v) is 3.21. The Morgan fingerprint density at radius 1 is 1.58 bits per heavy atom. The Hall–Kier alpha value is -0.610. The highest BCUT2D eigenvalue weighted by atomic mass is 16.5. The van der Waals surface area contributed by atoms with Gasteiger partial charge in [-0.2, -0.15) is 0 Å². The van der Waals surface area contributed by atoms with Gasteiger partial charge in [0, 0.05) is 27.2 Å². The van der Waals surface area contributed by atoms with Crippen molar-refractivity contribution in [2.75, 3.05) is 40.4 Å². The van der Waals surface area contributed by atoms with Gasteiger partial charge in [-0.1, -0.05) is 0 Å². The Morgan fingerprint density at radius 2 is 2.33 bits per heavy atom. The minimum absolute atomic E-state index is 0.0116. The van der Waals surface area contributed by atoms with Crippen LogP contribution in [0.15, 0.2) is 0 Å². The summed E-state index contributed by atoms with van der Waals surface area (Å²) in [6, 6.07) is 0. The molecule has 1 heterocycles. The number of hydrogen-bond acceptors (Lipinski definition) is 3. The monoisotopic (exact) mass is 172 g/mol. The molecule has 1 aliphatic rings. The Bertz CT molecular complexity index is 151. The molecule has 12 heavy (non-hydrogen) atoms. The predicted molar refractivity (Wildman–Crippen MR) is 45.9 cm³/mol. The molecule has 0 saturated carbocycles. The minimum Gasteiger partial charge on any atom is -0.379 e. The molecule has 4 heteroatoms. The van der Waals surface area contributed by atoms with E-state index in [1.165, 1.54) is 0 Å². The van der Waals surface area contributed by atoms with Crippen molar-refractivity contribution in [1.29, 1.82) is 0 Å². The minimum atomic E-state index is -0.0116. The molecule has 0 radical (unpaired) electrons. The van der Waals surface area contributed by atoms with Crippen LogP contribution in [0.25, 0.3) is 0 Å². The molecule has 1 aliphatic heterocycles. The molecule has 70 valence electrons. The molecule has 4 nitrogen and oxygen atoms in total. The lowest BCUT2D eigenvalue weighted by molar-refractivity contribution is -0.134. The standard InChI is InChI=1S/C8H16N2O2/c1-10(2)8(11)7-5-9-3-4-12-6-7/h7,9H,3-6H2,1-2H3/t7-/m1/s1. The van der Waals surface area contributed by atoms with Crippen molar-refractivity contribution in [3.8, 4) is 0 Å². The molecule has 1 atom stereocenters. The average molecular weight is 172 g/mol. The number of nitrogens with one attached hydrogen (secondary N) is 1. The van der Waals surface area contributed by atoms with Gasteiger partial charge in [-0.25, -0.2) is 0 Å². The van der Waals surface area contributed by atoms with E-state index in [0.29, 0.717) is 13.2 Å². The van der Waals surface area contributed by atoms with Crippen LogP contribution >= 0.6 is 0 Å². The fraction of sp³-hybridized carbons (Fsp3) is 0.875. The van der Waals surface area contributed by atoms with Gasteiger partial charge in [-0.05, 0) is 0 Å². The highest BCUT2D eigenvalue weighted by Gasteiger charge is 2.21. The lowest BCUT2D eigenvalue weighted by Gasteiger charge is -2.17. The van der Waals surface area contributed by atoms with E-state index in [9.17, 15) is 4.79 Å². The first-order valence-electron chi connectivity index (χ1n) is 4.21. The highest BCUT2D eigenvalue weighted by Crippen LogP contribution is 2.02. The molecule has 0 aromatic rings. The van der Waals surface area contributed by atoms with Crippen LogP contribution in [0.5, 0.6) is 0 Å². The van der Waals surface area contributed by atoms with E-state index in [-0.39, 0.29) is 11.8 Å². The number of rotatable bonds is 1.